The van der Waals surface area contributed by atoms with Gasteiger partial charge in [-0.1, -0.05) is 18.2 Å². The van der Waals surface area contributed by atoms with Crippen molar-refractivity contribution in [2.45, 2.75) is 18.7 Å². The molecule has 0 fully saturated rings. The third kappa shape index (κ3) is 5.14. The molecular formula is C22H21NO5S. The summed E-state index contributed by atoms with van der Waals surface area (Å²) in [6.45, 7) is 3.93. The van der Waals surface area contributed by atoms with E-state index in [-0.39, 0.29) is 11.5 Å². The standard InChI is InChI=1S/C22H21NO5S/c1-3-27-22(24)17-8-10-18(11-9-17)23-29(25,26)20-14-12-19(13-15-20)28-21-7-5-4-6-16(21)2/h4-15,23H,3H2,1-2H3. The number of nitrogens with one attached hydrogen (secondary N) is 1. The van der Waals surface area contributed by atoms with Crippen molar-refractivity contribution in [1.29, 1.82) is 0 Å². The summed E-state index contributed by atoms with van der Waals surface area (Å²) in [5.74, 6) is 0.797. The second-order valence-corrected chi connectivity index (χ2v) is 7.92. The van der Waals surface area contributed by atoms with Gasteiger partial charge in [-0.2, -0.15) is 0 Å². The molecule has 1 N–H and O–H groups in total. The molecule has 3 rings (SSSR count). The van der Waals surface area contributed by atoms with Crippen LogP contribution in [0.2, 0.25) is 0 Å². The first-order chi connectivity index (χ1) is 13.9. The van der Waals surface area contributed by atoms with Gasteiger partial charge in [0.05, 0.1) is 17.1 Å². The summed E-state index contributed by atoms with van der Waals surface area (Å²) in [6.07, 6.45) is 0. The average Bonchev–Trinajstić information content (AvgIpc) is 2.71. The lowest BCUT2D eigenvalue weighted by atomic mass is 10.2. The molecule has 0 spiro atoms. The van der Waals surface area contributed by atoms with E-state index in [0.29, 0.717) is 22.7 Å². The van der Waals surface area contributed by atoms with Crippen LogP contribution in [0.3, 0.4) is 0 Å². The predicted molar refractivity (Wildman–Crippen MR) is 111 cm³/mol. The molecule has 0 saturated heterocycles. The van der Waals surface area contributed by atoms with Gasteiger partial charge in [0.15, 0.2) is 0 Å². The SMILES string of the molecule is CCOC(=O)c1ccc(NS(=O)(=O)c2ccc(Oc3ccccc3C)cc2)cc1. The fourth-order valence-corrected chi connectivity index (χ4v) is 3.65. The van der Waals surface area contributed by atoms with Crippen LogP contribution in [0, 0.1) is 6.92 Å². The Bertz CT molecular complexity index is 1090. The molecule has 0 aliphatic heterocycles. The lowest BCUT2D eigenvalue weighted by Gasteiger charge is -2.11. The number of aryl methyl sites for hydroxylation is 1. The summed E-state index contributed by atoms with van der Waals surface area (Å²) >= 11 is 0. The summed E-state index contributed by atoms with van der Waals surface area (Å²) in [7, 11) is -3.78. The second kappa shape index (κ2) is 8.79. The van der Waals surface area contributed by atoms with Gasteiger partial charge in [0, 0.05) is 5.69 Å². The molecule has 0 aliphatic rings. The van der Waals surface area contributed by atoms with E-state index in [0.717, 1.165) is 5.56 Å². The molecule has 0 amide bonds. The molecular weight excluding hydrogens is 390 g/mol. The molecule has 0 atom stereocenters. The minimum absolute atomic E-state index is 0.101. The van der Waals surface area contributed by atoms with Crippen LogP contribution in [0.25, 0.3) is 0 Å². The van der Waals surface area contributed by atoms with Crippen molar-refractivity contribution in [3.8, 4) is 11.5 Å². The van der Waals surface area contributed by atoms with E-state index in [9.17, 15) is 13.2 Å². The van der Waals surface area contributed by atoms with Crippen LogP contribution in [-0.2, 0) is 14.8 Å². The molecule has 0 heterocycles. The normalized spacial score (nSPS) is 11.0. The molecule has 150 valence electrons. The number of hydrogen-bond donors (Lipinski definition) is 1. The Balaban J connectivity index is 1.71. The van der Waals surface area contributed by atoms with Gasteiger partial charge in [0.2, 0.25) is 0 Å². The van der Waals surface area contributed by atoms with Crippen molar-refractivity contribution >= 4 is 21.7 Å². The minimum Gasteiger partial charge on any atom is -0.462 e. The highest BCUT2D eigenvalue weighted by molar-refractivity contribution is 7.92. The highest BCUT2D eigenvalue weighted by Gasteiger charge is 2.15. The highest BCUT2D eigenvalue weighted by atomic mass is 32.2. The van der Waals surface area contributed by atoms with Crippen molar-refractivity contribution in [3.63, 3.8) is 0 Å². The molecule has 0 saturated carbocycles. The maximum atomic E-state index is 12.6. The average molecular weight is 411 g/mol. The number of anilines is 1. The topological polar surface area (TPSA) is 81.7 Å². The number of carbonyl (C=O) groups excluding carboxylic acids is 1. The maximum Gasteiger partial charge on any atom is 0.338 e. The monoisotopic (exact) mass is 411 g/mol. The first-order valence-electron chi connectivity index (χ1n) is 9.02. The van der Waals surface area contributed by atoms with Gasteiger partial charge in [-0.25, -0.2) is 13.2 Å². The smallest absolute Gasteiger partial charge is 0.338 e. The van der Waals surface area contributed by atoms with Crippen LogP contribution in [0.1, 0.15) is 22.8 Å². The third-order valence-electron chi connectivity index (χ3n) is 4.10. The minimum atomic E-state index is -3.78. The zero-order valence-corrected chi connectivity index (χ0v) is 16.9. The number of para-hydroxylation sites is 1. The Hall–Kier alpha value is -3.32. The zero-order valence-electron chi connectivity index (χ0n) is 16.1. The number of hydrogen-bond acceptors (Lipinski definition) is 5. The number of ether oxygens (including phenoxy) is 2. The summed E-state index contributed by atoms with van der Waals surface area (Å²) in [4.78, 5) is 11.8. The number of esters is 1. The molecule has 0 aliphatic carbocycles. The number of carbonyl (C=O) groups is 1. The molecule has 3 aromatic rings. The summed E-state index contributed by atoms with van der Waals surface area (Å²) in [5, 5.41) is 0. The van der Waals surface area contributed by atoms with Crippen LogP contribution in [0.5, 0.6) is 11.5 Å². The Morgan fingerprint density at radius 3 is 2.21 bits per heavy atom. The number of rotatable bonds is 7. The molecule has 0 unspecified atom stereocenters. The lowest BCUT2D eigenvalue weighted by molar-refractivity contribution is 0.0526. The van der Waals surface area contributed by atoms with Crippen molar-refractivity contribution in [2.75, 3.05) is 11.3 Å². The Morgan fingerprint density at radius 2 is 1.59 bits per heavy atom. The molecule has 3 aromatic carbocycles. The lowest BCUT2D eigenvalue weighted by Crippen LogP contribution is -2.13. The van der Waals surface area contributed by atoms with Crippen LogP contribution >= 0.6 is 0 Å². The van der Waals surface area contributed by atoms with E-state index in [2.05, 4.69) is 4.72 Å². The Kier molecular flexibility index (Phi) is 6.19. The zero-order chi connectivity index (χ0) is 20.9. The van der Waals surface area contributed by atoms with Crippen LogP contribution in [0.15, 0.2) is 77.7 Å². The first-order valence-corrected chi connectivity index (χ1v) is 10.5. The summed E-state index contributed by atoms with van der Waals surface area (Å²) < 4.78 is 38.4. The third-order valence-corrected chi connectivity index (χ3v) is 5.50. The Morgan fingerprint density at radius 1 is 0.931 bits per heavy atom. The van der Waals surface area contributed by atoms with Crippen LogP contribution < -0.4 is 9.46 Å². The van der Waals surface area contributed by atoms with Crippen LogP contribution in [0.4, 0.5) is 5.69 Å². The van der Waals surface area contributed by atoms with Crippen molar-refractivity contribution in [1.82, 2.24) is 0 Å². The molecule has 0 bridgehead atoms. The maximum absolute atomic E-state index is 12.6. The largest absolute Gasteiger partial charge is 0.462 e. The van der Waals surface area contributed by atoms with Gasteiger partial charge in [-0.3, -0.25) is 4.72 Å². The van der Waals surface area contributed by atoms with Crippen molar-refractivity contribution in [2.24, 2.45) is 0 Å². The van der Waals surface area contributed by atoms with Gasteiger partial charge in [-0.15, -0.1) is 0 Å². The first kappa shape index (κ1) is 20.4. The summed E-state index contributed by atoms with van der Waals surface area (Å²) in [6, 6.07) is 19.8. The molecule has 7 heteroatoms. The van der Waals surface area contributed by atoms with Gasteiger partial charge in [0.25, 0.3) is 10.0 Å². The van der Waals surface area contributed by atoms with Gasteiger partial charge < -0.3 is 9.47 Å². The van der Waals surface area contributed by atoms with Gasteiger partial charge >= 0.3 is 5.97 Å². The van der Waals surface area contributed by atoms with E-state index >= 15 is 0 Å². The van der Waals surface area contributed by atoms with Gasteiger partial charge in [0.1, 0.15) is 11.5 Å². The molecule has 6 nitrogen and oxygen atoms in total. The van der Waals surface area contributed by atoms with E-state index in [1.165, 1.54) is 36.4 Å². The van der Waals surface area contributed by atoms with E-state index in [1.54, 1.807) is 19.1 Å². The molecule has 0 aromatic heterocycles. The fourth-order valence-electron chi connectivity index (χ4n) is 2.59. The van der Waals surface area contributed by atoms with E-state index in [4.69, 9.17) is 9.47 Å². The van der Waals surface area contributed by atoms with Gasteiger partial charge in [-0.05, 0) is 74.0 Å². The highest BCUT2D eigenvalue weighted by Crippen LogP contribution is 2.26. The van der Waals surface area contributed by atoms with Crippen molar-refractivity contribution in [3.05, 3.63) is 83.9 Å². The molecule has 29 heavy (non-hydrogen) atoms. The predicted octanol–water partition coefficient (Wildman–Crippen LogP) is 4.76. The quantitative estimate of drug-likeness (QED) is 0.567. The van der Waals surface area contributed by atoms with Crippen molar-refractivity contribution < 1.29 is 22.7 Å². The molecule has 0 radical (unpaired) electrons. The van der Waals surface area contributed by atoms with E-state index < -0.39 is 16.0 Å². The fraction of sp³-hybridized carbons (Fsp3) is 0.136. The summed E-state index contributed by atoms with van der Waals surface area (Å²) in [5.41, 5.74) is 1.68. The van der Waals surface area contributed by atoms with Crippen LogP contribution in [-0.4, -0.2) is 21.0 Å². The number of benzene rings is 3. The second-order valence-electron chi connectivity index (χ2n) is 6.24. The Labute approximate surface area is 170 Å². The van der Waals surface area contributed by atoms with E-state index in [1.807, 2.05) is 31.2 Å². The number of sulfonamides is 1.